The number of thioether (sulfide) groups is 1. The molecule has 1 N–H and O–H groups in total. The number of carboxylic acid groups (broad SMARTS) is 1. The third-order valence-electron chi connectivity index (χ3n) is 6.27. The normalized spacial score (nSPS) is 15.2. The van der Waals surface area contributed by atoms with E-state index in [2.05, 4.69) is 4.98 Å². The van der Waals surface area contributed by atoms with Gasteiger partial charge in [0.05, 0.1) is 10.4 Å². The molecule has 9 heteroatoms. The zero-order chi connectivity index (χ0) is 27.5. The highest BCUT2D eigenvalue weighted by Gasteiger charge is 2.43. The molecule has 2 heterocycles. The van der Waals surface area contributed by atoms with Crippen LogP contribution < -0.4 is 4.74 Å². The summed E-state index contributed by atoms with van der Waals surface area (Å²) in [7, 11) is 0. The van der Waals surface area contributed by atoms with Crippen LogP contribution in [0.2, 0.25) is 5.15 Å². The predicted octanol–water partition coefficient (Wildman–Crippen LogP) is 6.51. The first-order chi connectivity index (χ1) is 18.8. The Morgan fingerprint density at radius 2 is 1.79 bits per heavy atom. The summed E-state index contributed by atoms with van der Waals surface area (Å²) in [5.74, 6) is -1.30. The van der Waals surface area contributed by atoms with Gasteiger partial charge in [-0.15, -0.1) is 0 Å². The number of ether oxygens (including phenoxy) is 1. The van der Waals surface area contributed by atoms with E-state index in [-0.39, 0.29) is 16.5 Å². The van der Waals surface area contributed by atoms with Crippen molar-refractivity contribution in [2.75, 3.05) is 0 Å². The second-order valence-corrected chi connectivity index (χ2v) is 10.4. The standard InChI is InChI=1S/C30H23ClN2O5S/c1-18-7-9-20(10-8-18)17-38-23-11-12-24-21(15-23)14-22(27(31)32-24)16-26-28(34)33(30(37)39-26)25(29(35)36)13-19-5-3-2-4-6-19/h2-12,14-16,25H,13,17H2,1H3,(H,35,36)/b26-16-. The highest BCUT2D eigenvalue weighted by Crippen LogP contribution is 2.36. The van der Waals surface area contributed by atoms with E-state index in [4.69, 9.17) is 16.3 Å². The first-order valence-corrected chi connectivity index (χ1v) is 13.3. The van der Waals surface area contributed by atoms with Crippen molar-refractivity contribution in [3.05, 3.63) is 111 Å². The van der Waals surface area contributed by atoms with Gasteiger partial charge >= 0.3 is 5.97 Å². The molecule has 0 aliphatic carbocycles. The monoisotopic (exact) mass is 558 g/mol. The van der Waals surface area contributed by atoms with Gasteiger partial charge in [-0.05, 0) is 60.2 Å². The van der Waals surface area contributed by atoms with Crippen LogP contribution in [-0.2, 0) is 22.6 Å². The van der Waals surface area contributed by atoms with Crippen molar-refractivity contribution in [1.29, 1.82) is 0 Å². The predicted molar refractivity (Wildman–Crippen MR) is 152 cm³/mol. The molecule has 0 spiro atoms. The molecule has 1 saturated heterocycles. The van der Waals surface area contributed by atoms with Gasteiger partial charge in [-0.3, -0.25) is 14.5 Å². The van der Waals surface area contributed by atoms with Crippen LogP contribution in [0.15, 0.2) is 83.8 Å². The number of nitrogens with zero attached hydrogens (tertiary/aromatic N) is 2. The maximum atomic E-state index is 13.2. The van der Waals surface area contributed by atoms with E-state index >= 15 is 0 Å². The average molecular weight is 559 g/mol. The van der Waals surface area contributed by atoms with Crippen molar-refractivity contribution >= 4 is 57.5 Å². The van der Waals surface area contributed by atoms with Crippen LogP contribution in [0.4, 0.5) is 4.79 Å². The second kappa shape index (κ2) is 11.3. The van der Waals surface area contributed by atoms with Crippen LogP contribution in [0.1, 0.15) is 22.3 Å². The third-order valence-corrected chi connectivity index (χ3v) is 7.46. The number of imide groups is 1. The molecule has 0 saturated carbocycles. The number of carbonyl (C=O) groups is 3. The van der Waals surface area contributed by atoms with Crippen LogP contribution in [-0.4, -0.2) is 38.1 Å². The van der Waals surface area contributed by atoms with E-state index in [1.54, 1.807) is 36.4 Å². The zero-order valence-corrected chi connectivity index (χ0v) is 22.4. The highest BCUT2D eigenvalue weighted by atomic mass is 35.5. The average Bonchev–Trinajstić information content (AvgIpc) is 3.20. The molecule has 1 aromatic heterocycles. The lowest BCUT2D eigenvalue weighted by Crippen LogP contribution is -2.45. The molecule has 1 unspecified atom stereocenters. The fourth-order valence-electron chi connectivity index (χ4n) is 4.21. The topological polar surface area (TPSA) is 96.8 Å². The number of rotatable bonds is 8. The van der Waals surface area contributed by atoms with Gasteiger partial charge in [0.25, 0.3) is 11.1 Å². The summed E-state index contributed by atoms with van der Waals surface area (Å²) in [5, 5.41) is 10.0. The Kier molecular flexibility index (Phi) is 7.67. The van der Waals surface area contributed by atoms with Crippen molar-refractivity contribution in [1.82, 2.24) is 9.88 Å². The maximum absolute atomic E-state index is 13.2. The van der Waals surface area contributed by atoms with Crippen LogP contribution in [0.3, 0.4) is 0 Å². The summed E-state index contributed by atoms with van der Waals surface area (Å²) in [5.41, 5.74) is 3.99. The summed E-state index contributed by atoms with van der Waals surface area (Å²) in [6.07, 6.45) is 1.48. The molecule has 3 aromatic carbocycles. The Morgan fingerprint density at radius 3 is 2.51 bits per heavy atom. The SMILES string of the molecule is Cc1ccc(COc2ccc3nc(Cl)c(/C=C4\SC(=O)N(C(Cc5ccccc5)C(=O)O)C4=O)cc3c2)cc1. The van der Waals surface area contributed by atoms with E-state index in [9.17, 15) is 19.5 Å². The first kappa shape index (κ1) is 26.5. The molecule has 1 atom stereocenters. The molecule has 5 rings (SSSR count). The minimum atomic E-state index is -1.33. The largest absolute Gasteiger partial charge is 0.489 e. The van der Waals surface area contributed by atoms with Crippen molar-refractivity contribution < 1.29 is 24.2 Å². The number of benzene rings is 3. The Labute approximate surface area is 234 Å². The minimum absolute atomic E-state index is 0.00510. The molecule has 0 bridgehead atoms. The van der Waals surface area contributed by atoms with Gasteiger partial charge in [0.15, 0.2) is 0 Å². The molecule has 0 radical (unpaired) electrons. The van der Waals surface area contributed by atoms with Crippen molar-refractivity contribution in [2.24, 2.45) is 0 Å². The number of carbonyl (C=O) groups excluding carboxylic acids is 2. The summed E-state index contributed by atoms with van der Waals surface area (Å²) >= 11 is 7.10. The van der Waals surface area contributed by atoms with Crippen LogP contribution >= 0.6 is 23.4 Å². The van der Waals surface area contributed by atoms with E-state index < -0.39 is 23.2 Å². The summed E-state index contributed by atoms with van der Waals surface area (Å²) < 4.78 is 5.95. The molecule has 4 aromatic rings. The fourth-order valence-corrected chi connectivity index (χ4v) is 5.27. The lowest BCUT2D eigenvalue weighted by molar-refractivity contribution is -0.145. The number of hydrogen-bond donors (Lipinski definition) is 1. The molecule has 2 amide bonds. The molecular formula is C30H23ClN2O5S. The van der Waals surface area contributed by atoms with Gasteiger partial charge in [0.1, 0.15) is 23.6 Å². The van der Waals surface area contributed by atoms with Gasteiger partial charge in [-0.1, -0.05) is 71.8 Å². The number of aliphatic carboxylic acids is 1. The number of pyridine rings is 1. The number of aryl methyl sites for hydroxylation is 1. The van der Waals surface area contributed by atoms with Gasteiger partial charge in [0, 0.05) is 17.4 Å². The lowest BCUT2D eigenvalue weighted by Gasteiger charge is -2.21. The van der Waals surface area contributed by atoms with Gasteiger partial charge < -0.3 is 9.84 Å². The van der Waals surface area contributed by atoms with E-state index in [1.165, 1.54) is 11.6 Å². The lowest BCUT2D eigenvalue weighted by atomic mass is 10.0. The Balaban J connectivity index is 1.39. The van der Waals surface area contributed by atoms with Crippen molar-refractivity contribution in [3.63, 3.8) is 0 Å². The van der Waals surface area contributed by atoms with Crippen molar-refractivity contribution in [3.8, 4) is 5.75 Å². The highest BCUT2D eigenvalue weighted by molar-refractivity contribution is 8.18. The quantitative estimate of drug-likeness (QED) is 0.194. The van der Waals surface area contributed by atoms with Gasteiger partial charge in [-0.25, -0.2) is 9.78 Å². The molecule has 1 aliphatic rings. The van der Waals surface area contributed by atoms with Crippen LogP contribution in [0.5, 0.6) is 5.75 Å². The third kappa shape index (κ3) is 5.97. The number of amides is 2. The number of halogens is 1. The number of fused-ring (bicyclic) bond motifs is 1. The first-order valence-electron chi connectivity index (χ1n) is 12.1. The van der Waals surface area contributed by atoms with E-state index in [0.717, 1.165) is 15.8 Å². The van der Waals surface area contributed by atoms with E-state index in [0.29, 0.717) is 40.8 Å². The molecular weight excluding hydrogens is 536 g/mol. The zero-order valence-electron chi connectivity index (χ0n) is 20.8. The van der Waals surface area contributed by atoms with Gasteiger partial charge in [0.2, 0.25) is 0 Å². The summed E-state index contributed by atoms with van der Waals surface area (Å²) in [6, 6.07) is 22.8. The molecule has 1 fully saturated rings. The Morgan fingerprint density at radius 1 is 1.05 bits per heavy atom. The fraction of sp³-hybridized carbons (Fsp3) is 0.133. The van der Waals surface area contributed by atoms with Crippen LogP contribution in [0, 0.1) is 6.92 Å². The number of aromatic nitrogens is 1. The molecule has 39 heavy (non-hydrogen) atoms. The molecule has 196 valence electrons. The smallest absolute Gasteiger partial charge is 0.327 e. The summed E-state index contributed by atoms with van der Waals surface area (Å²) in [4.78, 5) is 43.3. The number of carboxylic acids is 1. The Bertz CT molecular complexity index is 1610. The molecule has 1 aliphatic heterocycles. The Hall–Kier alpha value is -4.14. The second-order valence-electron chi connectivity index (χ2n) is 9.09. The van der Waals surface area contributed by atoms with Crippen LogP contribution in [0.25, 0.3) is 17.0 Å². The van der Waals surface area contributed by atoms with Crippen molar-refractivity contribution in [2.45, 2.75) is 26.0 Å². The molecule has 7 nitrogen and oxygen atoms in total. The number of hydrogen-bond acceptors (Lipinski definition) is 6. The summed E-state index contributed by atoms with van der Waals surface area (Å²) in [6.45, 7) is 2.43. The van der Waals surface area contributed by atoms with Gasteiger partial charge in [-0.2, -0.15) is 0 Å². The van der Waals surface area contributed by atoms with E-state index in [1.807, 2.05) is 49.4 Å². The maximum Gasteiger partial charge on any atom is 0.327 e. The minimum Gasteiger partial charge on any atom is -0.489 e.